The standard InChI is InChI=1S/C13H7Cl2N3O6/c14-6-3-8(12(19)11(4-6)18(23)24)13(20)16-10-2-1-7(17(21)22)5-9(10)15/h1-5,19H,(H,16,20). The van der Waals surface area contributed by atoms with Crippen LogP contribution >= 0.6 is 23.2 Å². The number of benzene rings is 2. The summed E-state index contributed by atoms with van der Waals surface area (Å²) in [5, 5.41) is 33.4. The number of aromatic hydroxyl groups is 1. The van der Waals surface area contributed by atoms with Crippen molar-refractivity contribution < 1.29 is 19.7 Å². The SMILES string of the molecule is O=C(Nc1ccc([N+](=O)[O-])cc1Cl)c1cc(Cl)cc([N+](=O)[O-])c1O. The number of nitro groups is 2. The van der Waals surface area contributed by atoms with Gasteiger partial charge in [-0.3, -0.25) is 25.0 Å². The fourth-order valence-electron chi connectivity index (χ4n) is 1.81. The minimum Gasteiger partial charge on any atom is -0.502 e. The molecule has 0 aliphatic heterocycles. The zero-order chi connectivity index (χ0) is 18.0. The van der Waals surface area contributed by atoms with Crippen LogP contribution in [0.25, 0.3) is 0 Å². The fraction of sp³-hybridized carbons (Fsp3) is 0. The maximum Gasteiger partial charge on any atom is 0.313 e. The number of halogens is 2. The molecule has 0 spiro atoms. The minimum atomic E-state index is -0.922. The van der Waals surface area contributed by atoms with Crippen LogP contribution in [0.3, 0.4) is 0 Å². The Bertz CT molecular complexity index is 871. The first kappa shape index (κ1) is 17.4. The molecule has 0 aliphatic rings. The number of nitrogens with one attached hydrogen (secondary N) is 1. The van der Waals surface area contributed by atoms with E-state index >= 15 is 0 Å². The van der Waals surface area contributed by atoms with Gasteiger partial charge in [-0.2, -0.15) is 0 Å². The van der Waals surface area contributed by atoms with E-state index in [1.165, 1.54) is 6.07 Å². The van der Waals surface area contributed by atoms with Gasteiger partial charge in [-0.1, -0.05) is 23.2 Å². The van der Waals surface area contributed by atoms with E-state index in [-0.39, 0.29) is 21.4 Å². The van der Waals surface area contributed by atoms with E-state index in [1.54, 1.807) is 0 Å². The fourth-order valence-corrected chi connectivity index (χ4v) is 2.24. The summed E-state index contributed by atoms with van der Waals surface area (Å²) in [6.45, 7) is 0. The number of non-ortho nitro benzene ring substituents is 1. The molecule has 2 rings (SSSR count). The van der Waals surface area contributed by atoms with Gasteiger partial charge in [0.2, 0.25) is 5.75 Å². The van der Waals surface area contributed by atoms with Crippen LogP contribution in [0.4, 0.5) is 17.1 Å². The van der Waals surface area contributed by atoms with Crippen LogP contribution in [0.1, 0.15) is 10.4 Å². The van der Waals surface area contributed by atoms with Crippen molar-refractivity contribution in [1.29, 1.82) is 0 Å². The van der Waals surface area contributed by atoms with Gasteiger partial charge < -0.3 is 10.4 Å². The first-order valence-corrected chi connectivity index (χ1v) is 6.88. The third-order valence-electron chi connectivity index (χ3n) is 2.91. The molecule has 9 nitrogen and oxygen atoms in total. The van der Waals surface area contributed by atoms with Gasteiger partial charge in [-0.15, -0.1) is 0 Å². The molecule has 0 unspecified atom stereocenters. The predicted molar refractivity (Wildman–Crippen MR) is 85.8 cm³/mol. The molecule has 11 heteroatoms. The third kappa shape index (κ3) is 3.53. The molecule has 2 aromatic rings. The average molecular weight is 372 g/mol. The average Bonchev–Trinajstić information content (AvgIpc) is 2.50. The summed E-state index contributed by atoms with van der Waals surface area (Å²) in [7, 11) is 0. The summed E-state index contributed by atoms with van der Waals surface area (Å²) in [4.78, 5) is 32.1. The first-order chi connectivity index (χ1) is 11.2. The highest BCUT2D eigenvalue weighted by Gasteiger charge is 2.23. The molecule has 0 aliphatic carbocycles. The normalized spacial score (nSPS) is 10.2. The number of carbonyl (C=O) groups is 1. The summed E-state index contributed by atoms with van der Waals surface area (Å²) < 4.78 is 0. The summed E-state index contributed by atoms with van der Waals surface area (Å²) in [5.41, 5.74) is -1.43. The molecule has 1 amide bonds. The largest absolute Gasteiger partial charge is 0.502 e. The molecular weight excluding hydrogens is 365 g/mol. The Morgan fingerprint density at radius 1 is 1.08 bits per heavy atom. The van der Waals surface area contributed by atoms with E-state index in [2.05, 4.69) is 5.32 Å². The molecule has 0 radical (unpaired) electrons. The van der Waals surface area contributed by atoms with Crippen molar-refractivity contribution >= 4 is 46.2 Å². The lowest BCUT2D eigenvalue weighted by Crippen LogP contribution is -2.13. The quantitative estimate of drug-likeness (QED) is 0.619. The van der Waals surface area contributed by atoms with Gasteiger partial charge >= 0.3 is 5.69 Å². The second-order valence-electron chi connectivity index (χ2n) is 4.45. The number of nitrogens with zero attached hydrogens (tertiary/aromatic N) is 2. The number of hydrogen-bond donors (Lipinski definition) is 2. The van der Waals surface area contributed by atoms with Crippen LogP contribution in [0.2, 0.25) is 10.0 Å². The lowest BCUT2D eigenvalue weighted by Gasteiger charge is -2.09. The van der Waals surface area contributed by atoms with Crippen molar-refractivity contribution in [3.8, 4) is 5.75 Å². The molecule has 0 saturated heterocycles. The van der Waals surface area contributed by atoms with Crippen LogP contribution in [-0.2, 0) is 0 Å². The Kier molecular flexibility index (Phi) is 4.86. The number of hydrogen-bond acceptors (Lipinski definition) is 6. The smallest absolute Gasteiger partial charge is 0.313 e. The molecule has 0 atom stereocenters. The summed E-state index contributed by atoms with van der Waals surface area (Å²) in [5.74, 6) is -1.78. The molecule has 124 valence electrons. The first-order valence-electron chi connectivity index (χ1n) is 6.13. The van der Waals surface area contributed by atoms with Crippen LogP contribution in [0, 0.1) is 20.2 Å². The molecule has 0 aromatic heterocycles. The van der Waals surface area contributed by atoms with E-state index in [1.807, 2.05) is 0 Å². The number of phenols is 1. The second kappa shape index (κ2) is 6.69. The molecule has 2 N–H and O–H groups in total. The Labute approximate surface area is 143 Å². The van der Waals surface area contributed by atoms with Gasteiger partial charge in [0.1, 0.15) is 0 Å². The van der Waals surface area contributed by atoms with Gasteiger partial charge in [0.15, 0.2) is 0 Å². The van der Waals surface area contributed by atoms with Gasteiger partial charge in [0.05, 0.1) is 26.1 Å². The van der Waals surface area contributed by atoms with E-state index in [9.17, 15) is 30.1 Å². The summed E-state index contributed by atoms with van der Waals surface area (Å²) in [6.07, 6.45) is 0. The van der Waals surface area contributed by atoms with Gasteiger partial charge in [-0.05, 0) is 12.1 Å². The maximum atomic E-state index is 12.2. The van der Waals surface area contributed by atoms with Crippen LogP contribution in [0.15, 0.2) is 30.3 Å². The number of rotatable bonds is 4. The van der Waals surface area contributed by atoms with E-state index < -0.39 is 32.8 Å². The van der Waals surface area contributed by atoms with Crippen molar-refractivity contribution in [3.05, 3.63) is 66.2 Å². The number of nitro benzene ring substituents is 2. The second-order valence-corrected chi connectivity index (χ2v) is 5.30. The highest BCUT2D eigenvalue weighted by molar-refractivity contribution is 6.34. The monoisotopic (exact) mass is 371 g/mol. The van der Waals surface area contributed by atoms with E-state index in [0.29, 0.717) is 0 Å². The van der Waals surface area contributed by atoms with Gasteiger partial charge in [0, 0.05) is 23.2 Å². The molecule has 0 saturated carbocycles. The number of carbonyl (C=O) groups excluding carboxylic acids is 1. The molecule has 0 heterocycles. The maximum absolute atomic E-state index is 12.2. The van der Waals surface area contributed by atoms with Gasteiger partial charge in [-0.25, -0.2) is 0 Å². The van der Waals surface area contributed by atoms with Crippen LogP contribution in [-0.4, -0.2) is 20.9 Å². The Balaban J connectivity index is 2.37. The number of amides is 1. The minimum absolute atomic E-state index is 0.0225. The lowest BCUT2D eigenvalue weighted by molar-refractivity contribution is -0.385. The molecule has 2 aromatic carbocycles. The van der Waals surface area contributed by atoms with Crippen molar-refractivity contribution in [3.63, 3.8) is 0 Å². The highest BCUT2D eigenvalue weighted by Crippen LogP contribution is 2.34. The Morgan fingerprint density at radius 2 is 1.75 bits per heavy atom. The zero-order valence-electron chi connectivity index (χ0n) is 11.5. The van der Waals surface area contributed by atoms with Crippen LogP contribution in [0.5, 0.6) is 5.75 Å². The number of anilines is 1. The van der Waals surface area contributed by atoms with Crippen molar-refractivity contribution in [2.75, 3.05) is 5.32 Å². The Morgan fingerprint density at radius 3 is 2.29 bits per heavy atom. The van der Waals surface area contributed by atoms with E-state index in [4.69, 9.17) is 23.2 Å². The molecular formula is C13H7Cl2N3O6. The summed E-state index contributed by atoms with van der Waals surface area (Å²) in [6, 6.07) is 5.26. The predicted octanol–water partition coefficient (Wildman–Crippen LogP) is 3.77. The number of phenolic OH excluding ortho intramolecular Hbond substituents is 1. The van der Waals surface area contributed by atoms with Crippen molar-refractivity contribution in [1.82, 2.24) is 0 Å². The Hall–Kier alpha value is -2.91. The molecule has 24 heavy (non-hydrogen) atoms. The third-order valence-corrected chi connectivity index (χ3v) is 3.44. The van der Waals surface area contributed by atoms with Gasteiger partial charge in [0.25, 0.3) is 11.6 Å². The van der Waals surface area contributed by atoms with Crippen LogP contribution < -0.4 is 5.32 Å². The molecule has 0 fully saturated rings. The lowest BCUT2D eigenvalue weighted by atomic mass is 10.1. The topological polar surface area (TPSA) is 136 Å². The van der Waals surface area contributed by atoms with Crippen molar-refractivity contribution in [2.24, 2.45) is 0 Å². The zero-order valence-corrected chi connectivity index (χ0v) is 13.0. The van der Waals surface area contributed by atoms with E-state index in [0.717, 1.165) is 24.3 Å². The van der Waals surface area contributed by atoms with Crippen molar-refractivity contribution in [2.45, 2.75) is 0 Å². The highest BCUT2D eigenvalue weighted by atomic mass is 35.5. The molecule has 0 bridgehead atoms. The summed E-state index contributed by atoms with van der Waals surface area (Å²) >= 11 is 11.5.